The molecule has 7 nitrogen and oxygen atoms in total. The molecule has 1 aliphatic rings. The van der Waals surface area contributed by atoms with Gasteiger partial charge < -0.3 is 16.0 Å². The minimum Gasteiger partial charge on any atom is -0.334 e. The highest BCUT2D eigenvalue weighted by Gasteiger charge is 2.34. The van der Waals surface area contributed by atoms with Crippen molar-refractivity contribution >= 4 is 42.4 Å². The van der Waals surface area contributed by atoms with E-state index in [2.05, 4.69) is 15.3 Å². The Kier molecular flexibility index (Phi) is 8.77. The Bertz CT molecular complexity index is 606. The van der Waals surface area contributed by atoms with E-state index in [0.717, 1.165) is 6.42 Å². The van der Waals surface area contributed by atoms with Crippen molar-refractivity contribution in [2.45, 2.75) is 40.2 Å². The van der Waals surface area contributed by atoms with Crippen molar-refractivity contribution in [3.8, 4) is 0 Å². The zero-order valence-electron chi connectivity index (χ0n) is 15.0. The molecule has 1 aromatic rings. The van der Waals surface area contributed by atoms with Crippen LogP contribution in [0.3, 0.4) is 0 Å². The fourth-order valence-electron chi connectivity index (χ4n) is 2.61. The lowest BCUT2D eigenvalue weighted by Crippen LogP contribution is -2.36. The number of aromatic nitrogens is 2. The lowest BCUT2D eigenvalue weighted by atomic mass is 9.96. The first kappa shape index (κ1) is 23.6. The van der Waals surface area contributed by atoms with Crippen molar-refractivity contribution in [3.63, 3.8) is 0 Å². The molecule has 1 aliphatic heterocycles. The standard InChI is InChI=1S/C16H25N5O2.2ClH/c1-10-7-11(8-17)9-21(10)14(22)12-13(19-6-5-18-12)20-15(23)16(2,3)4;;/h5-6,10-11H,7-9,17H2,1-4H3,(H,19,20,23);2*1H. The molecule has 9 heteroatoms. The van der Waals surface area contributed by atoms with Crippen LogP contribution in [0.2, 0.25) is 0 Å². The Hall–Kier alpha value is -1.44. The van der Waals surface area contributed by atoms with Crippen molar-refractivity contribution in [1.82, 2.24) is 14.9 Å². The first-order valence-electron chi connectivity index (χ1n) is 7.87. The first-order valence-corrected chi connectivity index (χ1v) is 7.87. The lowest BCUT2D eigenvalue weighted by Gasteiger charge is -2.23. The van der Waals surface area contributed by atoms with Gasteiger partial charge in [-0.3, -0.25) is 9.59 Å². The number of hydrogen-bond acceptors (Lipinski definition) is 5. The molecule has 142 valence electrons. The molecule has 25 heavy (non-hydrogen) atoms. The van der Waals surface area contributed by atoms with E-state index in [9.17, 15) is 9.59 Å². The van der Waals surface area contributed by atoms with E-state index in [1.165, 1.54) is 12.4 Å². The number of rotatable bonds is 3. The van der Waals surface area contributed by atoms with Crippen LogP contribution in [0.15, 0.2) is 12.4 Å². The second-order valence-electron chi connectivity index (χ2n) is 7.10. The molecule has 2 unspecified atom stereocenters. The summed E-state index contributed by atoms with van der Waals surface area (Å²) in [4.78, 5) is 35.0. The number of halogens is 2. The molecule has 1 saturated heterocycles. The number of nitrogens with zero attached hydrogens (tertiary/aromatic N) is 3. The number of likely N-dealkylation sites (tertiary alicyclic amines) is 1. The molecule has 2 amide bonds. The average molecular weight is 392 g/mol. The van der Waals surface area contributed by atoms with Crippen LogP contribution in [-0.4, -0.2) is 45.8 Å². The quantitative estimate of drug-likeness (QED) is 0.821. The Morgan fingerprint density at radius 3 is 2.40 bits per heavy atom. The third kappa shape index (κ3) is 5.52. The normalized spacial score (nSPS) is 19.6. The van der Waals surface area contributed by atoms with Crippen molar-refractivity contribution in [3.05, 3.63) is 18.1 Å². The SMILES string of the molecule is CC1CC(CN)CN1C(=O)c1nccnc1NC(=O)C(C)(C)C.Cl.Cl. The minimum absolute atomic E-state index is 0. The molecule has 0 radical (unpaired) electrons. The average Bonchev–Trinajstić information content (AvgIpc) is 2.87. The maximum absolute atomic E-state index is 12.8. The third-order valence-electron chi connectivity index (χ3n) is 4.07. The Morgan fingerprint density at radius 2 is 1.88 bits per heavy atom. The van der Waals surface area contributed by atoms with Gasteiger partial charge in [0.1, 0.15) is 0 Å². The number of nitrogens with one attached hydrogen (secondary N) is 1. The van der Waals surface area contributed by atoms with Gasteiger partial charge in [0.05, 0.1) is 0 Å². The number of hydrogen-bond donors (Lipinski definition) is 2. The smallest absolute Gasteiger partial charge is 0.276 e. The second kappa shape index (κ2) is 9.31. The number of carbonyl (C=O) groups excluding carboxylic acids is 2. The van der Waals surface area contributed by atoms with Crippen LogP contribution < -0.4 is 11.1 Å². The van der Waals surface area contributed by atoms with Crippen LogP contribution >= 0.6 is 24.8 Å². The first-order chi connectivity index (χ1) is 10.7. The van der Waals surface area contributed by atoms with Crippen molar-refractivity contribution < 1.29 is 9.59 Å². The summed E-state index contributed by atoms with van der Waals surface area (Å²) in [5.41, 5.74) is 5.31. The largest absolute Gasteiger partial charge is 0.334 e. The van der Waals surface area contributed by atoms with Crippen molar-refractivity contribution in [2.75, 3.05) is 18.4 Å². The second-order valence-corrected chi connectivity index (χ2v) is 7.10. The highest BCUT2D eigenvalue weighted by atomic mass is 35.5. The molecule has 2 rings (SSSR count). The fourth-order valence-corrected chi connectivity index (χ4v) is 2.61. The molecule has 2 atom stereocenters. The summed E-state index contributed by atoms with van der Waals surface area (Å²) in [5, 5.41) is 2.71. The molecule has 2 heterocycles. The van der Waals surface area contributed by atoms with Gasteiger partial charge in [0.15, 0.2) is 11.5 Å². The molecule has 0 aliphatic carbocycles. The van der Waals surface area contributed by atoms with Gasteiger partial charge in [0.25, 0.3) is 5.91 Å². The fraction of sp³-hybridized carbons (Fsp3) is 0.625. The summed E-state index contributed by atoms with van der Waals surface area (Å²) in [5.74, 6) is 0.0891. The van der Waals surface area contributed by atoms with Gasteiger partial charge in [-0.25, -0.2) is 9.97 Å². The predicted molar refractivity (Wildman–Crippen MR) is 102 cm³/mol. The van der Waals surface area contributed by atoms with Crippen LogP contribution in [0, 0.1) is 11.3 Å². The van der Waals surface area contributed by atoms with Crippen LogP contribution in [0.5, 0.6) is 0 Å². The van der Waals surface area contributed by atoms with Gasteiger partial charge in [-0.15, -0.1) is 24.8 Å². The number of nitrogens with two attached hydrogens (primary N) is 1. The maximum atomic E-state index is 12.8. The van der Waals surface area contributed by atoms with Gasteiger partial charge in [-0.2, -0.15) is 0 Å². The number of anilines is 1. The van der Waals surface area contributed by atoms with Crippen molar-refractivity contribution in [2.24, 2.45) is 17.1 Å². The Balaban J connectivity index is 0.00000288. The van der Waals surface area contributed by atoms with Gasteiger partial charge in [0.2, 0.25) is 5.91 Å². The molecule has 3 N–H and O–H groups in total. The van der Waals surface area contributed by atoms with E-state index in [-0.39, 0.29) is 54.2 Å². The zero-order valence-corrected chi connectivity index (χ0v) is 16.6. The maximum Gasteiger partial charge on any atom is 0.276 e. The van der Waals surface area contributed by atoms with Crippen LogP contribution in [0.4, 0.5) is 5.82 Å². The molecule has 0 saturated carbocycles. The van der Waals surface area contributed by atoms with E-state index in [1.54, 1.807) is 25.7 Å². The lowest BCUT2D eigenvalue weighted by molar-refractivity contribution is -0.123. The summed E-state index contributed by atoms with van der Waals surface area (Å²) < 4.78 is 0. The Morgan fingerprint density at radius 1 is 1.28 bits per heavy atom. The predicted octanol–water partition coefficient (Wildman–Crippen LogP) is 2.11. The number of carbonyl (C=O) groups is 2. The number of amides is 2. The van der Waals surface area contributed by atoms with E-state index < -0.39 is 5.41 Å². The molecule has 0 bridgehead atoms. The van der Waals surface area contributed by atoms with Gasteiger partial charge in [-0.05, 0) is 25.8 Å². The monoisotopic (exact) mass is 391 g/mol. The molecule has 1 aromatic heterocycles. The highest BCUT2D eigenvalue weighted by Crippen LogP contribution is 2.25. The van der Waals surface area contributed by atoms with E-state index in [0.29, 0.717) is 19.0 Å². The minimum atomic E-state index is -0.580. The summed E-state index contributed by atoms with van der Waals surface area (Å²) in [6.45, 7) is 8.57. The third-order valence-corrected chi connectivity index (χ3v) is 4.07. The topological polar surface area (TPSA) is 101 Å². The van der Waals surface area contributed by atoms with Crippen LogP contribution in [0.25, 0.3) is 0 Å². The van der Waals surface area contributed by atoms with E-state index in [1.807, 2.05) is 6.92 Å². The summed E-state index contributed by atoms with van der Waals surface area (Å²) in [7, 11) is 0. The van der Waals surface area contributed by atoms with Gasteiger partial charge in [-0.1, -0.05) is 20.8 Å². The molecule has 0 spiro atoms. The summed E-state index contributed by atoms with van der Waals surface area (Å²) in [6.07, 6.45) is 3.80. The van der Waals surface area contributed by atoms with E-state index >= 15 is 0 Å². The van der Waals surface area contributed by atoms with Crippen molar-refractivity contribution in [1.29, 1.82) is 0 Å². The summed E-state index contributed by atoms with van der Waals surface area (Å²) >= 11 is 0. The van der Waals surface area contributed by atoms with Crippen LogP contribution in [-0.2, 0) is 4.79 Å². The van der Waals surface area contributed by atoms with E-state index in [4.69, 9.17) is 5.73 Å². The summed E-state index contributed by atoms with van der Waals surface area (Å²) in [6, 6.07) is 0.101. The highest BCUT2D eigenvalue weighted by molar-refractivity contribution is 6.02. The van der Waals surface area contributed by atoms with Gasteiger partial charge in [0, 0.05) is 30.4 Å². The molecule has 0 aromatic carbocycles. The van der Waals surface area contributed by atoms with Gasteiger partial charge >= 0.3 is 0 Å². The zero-order chi connectivity index (χ0) is 17.2. The van der Waals surface area contributed by atoms with Crippen LogP contribution in [0.1, 0.15) is 44.6 Å². The molecule has 1 fully saturated rings. The molecular formula is C16H27Cl2N5O2. The Labute approximate surface area is 161 Å². The molecular weight excluding hydrogens is 365 g/mol.